The molecule has 11 heteroatoms. The predicted molar refractivity (Wildman–Crippen MR) is 135 cm³/mol. The number of aromatic nitrogens is 2. The van der Waals surface area contributed by atoms with Crippen molar-refractivity contribution in [3.8, 4) is 0 Å². The maximum absolute atomic E-state index is 14.7. The maximum Gasteiger partial charge on any atom is 0.359 e. The molecule has 0 unspecified atom stereocenters. The highest BCUT2D eigenvalue weighted by Gasteiger charge is 2.51. The molecular weight excluding hydrogens is 527 g/mol. The van der Waals surface area contributed by atoms with Gasteiger partial charge in [0.25, 0.3) is 5.92 Å². The van der Waals surface area contributed by atoms with Gasteiger partial charge in [-0.3, -0.25) is 4.90 Å². The molecule has 0 aromatic carbocycles. The number of hydrogen-bond donors (Lipinski definition) is 0. The van der Waals surface area contributed by atoms with Gasteiger partial charge >= 0.3 is 5.97 Å². The average Bonchev–Trinajstić information content (AvgIpc) is 3.46. The van der Waals surface area contributed by atoms with E-state index in [1.807, 2.05) is 0 Å². The zero-order valence-corrected chi connectivity index (χ0v) is 21.6. The van der Waals surface area contributed by atoms with E-state index in [1.54, 1.807) is 43.5 Å². The second kappa shape index (κ2) is 10.2. The van der Waals surface area contributed by atoms with Crippen LogP contribution in [0.15, 0.2) is 54.5 Å². The predicted octanol–water partition coefficient (Wildman–Crippen LogP) is 6.21. The van der Waals surface area contributed by atoms with Crippen molar-refractivity contribution < 1.29 is 27.4 Å². The average molecular weight is 552 g/mol. The van der Waals surface area contributed by atoms with Crippen LogP contribution in [0, 0.1) is 0 Å². The maximum atomic E-state index is 14.7. The number of carbonyl (C=O) groups excluding carboxylic acids is 1. The van der Waals surface area contributed by atoms with E-state index in [9.17, 15) is 18.0 Å². The zero-order valence-electron chi connectivity index (χ0n) is 20.1. The van der Waals surface area contributed by atoms with E-state index in [2.05, 4.69) is 10.00 Å². The third-order valence-corrected chi connectivity index (χ3v) is 8.13. The van der Waals surface area contributed by atoms with Crippen LogP contribution in [0.5, 0.6) is 0 Å². The molecule has 1 aliphatic carbocycles. The Hall–Kier alpha value is -2.66. The van der Waals surface area contributed by atoms with Crippen LogP contribution in [-0.4, -0.2) is 47.0 Å². The van der Waals surface area contributed by atoms with Crippen molar-refractivity contribution in [2.24, 2.45) is 0 Å². The first-order valence-electron chi connectivity index (χ1n) is 11.9. The topological polar surface area (TPSA) is 56.6 Å². The zero-order chi connectivity index (χ0) is 26.2. The molecule has 1 saturated heterocycles. The molecule has 4 heterocycles. The molecule has 2 aliphatic heterocycles. The molecule has 0 amide bonds. The summed E-state index contributed by atoms with van der Waals surface area (Å²) < 4.78 is 56.3. The van der Waals surface area contributed by atoms with E-state index < -0.39 is 29.9 Å². The number of allylic oxidation sites excluding steroid dienone is 8. The van der Waals surface area contributed by atoms with Crippen molar-refractivity contribution in [3.63, 3.8) is 0 Å². The van der Waals surface area contributed by atoms with E-state index >= 15 is 0 Å². The van der Waals surface area contributed by atoms with Gasteiger partial charge in [-0.05, 0) is 38.0 Å². The number of esters is 1. The fourth-order valence-electron chi connectivity index (χ4n) is 4.81. The molecule has 0 saturated carbocycles. The highest BCUT2D eigenvalue weighted by molar-refractivity contribution is 7.16. The Balaban J connectivity index is 1.38. The smallest absolute Gasteiger partial charge is 0.359 e. The van der Waals surface area contributed by atoms with Gasteiger partial charge in [0, 0.05) is 41.8 Å². The molecule has 5 rings (SSSR count). The number of hydrogen-bond acceptors (Lipinski definition) is 6. The summed E-state index contributed by atoms with van der Waals surface area (Å²) in [5.41, 5.74) is 0.0313. The summed E-state index contributed by atoms with van der Waals surface area (Å²) in [6.45, 7) is 2.64. The summed E-state index contributed by atoms with van der Waals surface area (Å²) in [6, 6.07) is 1.35. The first-order valence-corrected chi connectivity index (χ1v) is 13.1. The molecule has 196 valence electrons. The number of halogens is 4. The number of alkyl halides is 2. The number of rotatable bonds is 5. The lowest BCUT2D eigenvalue weighted by Crippen LogP contribution is -2.48. The summed E-state index contributed by atoms with van der Waals surface area (Å²) in [4.78, 5) is 15.3. The molecule has 0 bridgehead atoms. The highest BCUT2D eigenvalue weighted by Crippen LogP contribution is 2.52. The molecule has 2 aromatic heterocycles. The summed E-state index contributed by atoms with van der Waals surface area (Å²) in [7, 11) is 0. The molecule has 2 aromatic rings. The summed E-state index contributed by atoms with van der Waals surface area (Å²) in [5, 5.41) is 4.36. The Morgan fingerprint density at radius 2 is 1.95 bits per heavy atom. The van der Waals surface area contributed by atoms with Gasteiger partial charge in [-0.2, -0.15) is 13.9 Å². The van der Waals surface area contributed by atoms with Gasteiger partial charge in [-0.25, -0.2) is 13.9 Å². The molecule has 0 radical (unpaired) electrons. The van der Waals surface area contributed by atoms with E-state index in [4.69, 9.17) is 21.1 Å². The molecule has 0 atom stereocenters. The second-order valence-corrected chi connectivity index (χ2v) is 10.7. The van der Waals surface area contributed by atoms with E-state index in [-0.39, 0.29) is 23.6 Å². The molecule has 0 N–H and O–H groups in total. The molecule has 1 spiro atoms. The van der Waals surface area contributed by atoms with Crippen molar-refractivity contribution in [1.82, 2.24) is 14.7 Å². The van der Waals surface area contributed by atoms with Crippen LogP contribution in [0.1, 0.15) is 46.3 Å². The summed E-state index contributed by atoms with van der Waals surface area (Å²) in [6.07, 6.45) is 12.3. The minimum absolute atomic E-state index is 0.0421. The van der Waals surface area contributed by atoms with Gasteiger partial charge in [0.05, 0.1) is 10.9 Å². The van der Waals surface area contributed by atoms with Gasteiger partial charge < -0.3 is 9.47 Å². The van der Waals surface area contributed by atoms with Crippen LogP contribution in [0.2, 0.25) is 4.34 Å². The Morgan fingerprint density at radius 3 is 2.68 bits per heavy atom. The first kappa shape index (κ1) is 26.0. The number of carbonyl (C=O) groups is 1. The Morgan fingerprint density at radius 1 is 1.22 bits per heavy atom. The summed E-state index contributed by atoms with van der Waals surface area (Å²) >= 11 is 7.26. The number of fused-ring (bicyclic) bond motifs is 2. The van der Waals surface area contributed by atoms with Gasteiger partial charge in [0.15, 0.2) is 5.69 Å². The molecular formula is C26H25ClF3N3O3S. The Labute approximate surface area is 221 Å². The minimum Gasteiger partial charge on any atom is -0.461 e. The van der Waals surface area contributed by atoms with Gasteiger partial charge in [-0.1, -0.05) is 35.9 Å². The third-order valence-electron chi connectivity index (χ3n) is 6.68. The Kier molecular flexibility index (Phi) is 7.19. The van der Waals surface area contributed by atoms with E-state index in [0.717, 1.165) is 11.3 Å². The second-order valence-electron chi connectivity index (χ2n) is 9.06. The molecule has 1 fully saturated rings. The Bertz CT molecular complexity index is 1320. The lowest BCUT2D eigenvalue weighted by atomic mass is 9.84. The van der Waals surface area contributed by atoms with Crippen molar-refractivity contribution in [3.05, 3.63) is 80.6 Å². The lowest BCUT2D eigenvalue weighted by molar-refractivity contribution is -0.182. The van der Waals surface area contributed by atoms with Crippen molar-refractivity contribution in [1.29, 1.82) is 0 Å². The minimum atomic E-state index is -3.06. The van der Waals surface area contributed by atoms with Crippen molar-refractivity contribution in [2.45, 2.75) is 37.8 Å². The molecule has 6 nitrogen and oxygen atoms in total. The lowest BCUT2D eigenvalue weighted by Gasteiger charge is -2.45. The largest absolute Gasteiger partial charge is 0.461 e. The van der Waals surface area contributed by atoms with Crippen LogP contribution < -0.4 is 0 Å². The van der Waals surface area contributed by atoms with Crippen molar-refractivity contribution >= 4 is 34.6 Å². The standard InChI is InChI=1S/C26H25ClF3N3O3S/c1-2-35-24(34)22-17(15-33(31-22)20-8-6-4-3-5-7-19(20)28)14-32-11-9-25(10-12-32)23-18(13-21(27)37-23)26(29,30)16-36-25/h3-8,13,15H,2,9-12,14,16H2,1H3. The van der Waals surface area contributed by atoms with Gasteiger partial charge in [0.1, 0.15) is 23.7 Å². The SMILES string of the molecule is CCOC(=O)c1nn(C2=CC=CC=CC=C2F)cc1CN1CCC2(CC1)OCC(F)(F)c1cc(Cl)sc12. The first-order chi connectivity index (χ1) is 17.7. The highest BCUT2D eigenvalue weighted by atomic mass is 35.5. The molecule has 37 heavy (non-hydrogen) atoms. The third kappa shape index (κ3) is 5.07. The van der Waals surface area contributed by atoms with Gasteiger partial charge in [-0.15, -0.1) is 11.3 Å². The van der Waals surface area contributed by atoms with Crippen LogP contribution in [0.4, 0.5) is 13.2 Å². The molecule has 3 aliphatic rings. The van der Waals surface area contributed by atoms with Gasteiger partial charge in [0.2, 0.25) is 0 Å². The van der Waals surface area contributed by atoms with Crippen LogP contribution >= 0.6 is 22.9 Å². The monoisotopic (exact) mass is 551 g/mol. The van der Waals surface area contributed by atoms with Crippen molar-refractivity contribution in [2.75, 3.05) is 26.3 Å². The van der Waals surface area contributed by atoms with E-state index in [0.29, 0.717) is 47.3 Å². The number of thiophene rings is 1. The fraction of sp³-hybridized carbons (Fsp3) is 0.385. The fourth-order valence-corrected chi connectivity index (χ4v) is 6.29. The summed E-state index contributed by atoms with van der Waals surface area (Å²) in [5.74, 6) is -4.15. The number of ether oxygens (including phenoxy) is 2. The quantitative estimate of drug-likeness (QED) is 0.414. The van der Waals surface area contributed by atoms with Crippen LogP contribution in [0.25, 0.3) is 5.70 Å². The van der Waals surface area contributed by atoms with E-state index in [1.165, 1.54) is 16.8 Å². The normalized spacial score (nSPS) is 20.7. The van der Waals surface area contributed by atoms with Crippen LogP contribution in [-0.2, 0) is 27.5 Å². The number of likely N-dealkylation sites (tertiary alicyclic amines) is 1. The number of piperidine rings is 1. The van der Waals surface area contributed by atoms with Crippen LogP contribution in [0.3, 0.4) is 0 Å². The number of nitrogens with zero attached hydrogens (tertiary/aromatic N) is 3.